The Balaban J connectivity index is 2.51. The van der Waals surface area contributed by atoms with Crippen LogP contribution in [0.2, 0.25) is 0 Å². The quantitative estimate of drug-likeness (QED) is 0.839. The van der Waals surface area contributed by atoms with Crippen LogP contribution in [-0.4, -0.2) is 42.4 Å². The van der Waals surface area contributed by atoms with E-state index in [1.807, 2.05) is 0 Å². The fraction of sp³-hybridized carbons (Fsp3) is 0.600. The number of nitrogens with zero attached hydrogens (tertiary/aromatic N) is 1. The molecular formula is C15H23NO4S2. The number of anilines is 1. The second-order valence-electron chi connectivity index (χ2n) is 6.20. The summed E-state index contributed by atoms with van der Waals surface area (Å²) in [6.07, 6.45) is 5.36. The van der Waals surface area contributed by atoms with E-state index in [9.17, 15) is 16.8 Å². The van der Waals surface area contributed by atoms with Gasteiger partial charge in [-0.3, -0.25) is 0 Å². The fourth-order valence-electron chi connectivity index (χ4n) is 2.79. The van der Waals surface area contributed by atoms with Crippen molar-refractivity contribution in [2.24, 2.45) is 5.92 Å². The largest absolute Gasteiger partial charge is 0.370 e. The molecule has 1 unspecified atom stereocenters. The smallest absolute Gasteiger partial charge is 0.177 e. The maximum atomic E-state index is 12.1. The minimum absolute atomic E-state index is 0.0415. The van der Waals surface area contributed by atoms with Crippen molar-refractivity contribution in [3.8, 4) is 0 Å². The summed E-state index contributed by atoms with van der Waals surface area (Å²) in [5.74, 6) is 0.627. The second kappa shape index (κ2) is 6.20. The summed E-state index contributed by atoms with van der Waals surface area (Å²) < 4.78 is 47.6. The lowest BCUT2D eigenvalue weighted by atomic mass is 10.0. The first-order valence-corrected chi connectivity index (χ1v) is 11.2. The molecule has 1 atom stereocenters. The summed E-state index contributed by atoms with van der Waals surface area (Å²) in [5.41, 5.74) is 0.615. The van der Waals surface area contributed by atoms with Crippen LogP contribution in [0.25, 0.3) is 0 Å². The van der Waals surface area contributed by atoms with Crippen LogP contribution in [0.3, 0.4) is 0 Å². The van der Waals surface area contributed by atoms with E-state index in [1.54, 1.807) is 6.07 Å². The van der Waals surface area contributed by atoms with Gasteiger partial charge < -0.3 is 4.90 Å². The molecule has 22 heavy (non-hydrogen) atoms. The van der Waals surface area contributed by atoms with Crippen LogP contribution in [0.5, 0.6) is 0 Å². The van der Waals surface area contributed by atoms with E-state index in [0.717, 1.165) is 44.9 Å². The van der Waals surface area contributed by atoms with Crippen molar-refractivity contribution in [3.63, 3.8) is 0 Å². The minimum Gasteiger partial charge on any atom is -0.370 e. The number of hydrogen-bond donors (Lipinski definition) is 0. The van der Waals surface area contributed by atoms with Crippen LogP contribution in [0.1, 0.15) is 26.2 Å². The molecule has 1 heterocycles. The van der Waals surface area contributed by atoms with Gasteiger partial charge in [0.2, 0.25) is 0 Å². The van der Waals surface area contributed by atoms with Crippen molar-refractivity contribution in [3.05, 3.63) is 18.2 Å². The number of benzene rings is 1. The molecule has 0 N–H and O–H groups in total. The lowest BCUT2D eigenvalue weighted by molar-refractivity contribution is 0.521. The van der Waals surface area contributed by atoms with Crippen LogP contribution in [0.15, 0.2) is 28.0 Å². The van der Waals surface area contributed by atoms with Gasteiger partial charge in [0, 0.05) is 25.6 Å². The molecule has 0 amide bonds. The maximum Gasteiger partial charge on any atom is 0.177 e. The predicted octanol–water partition coefficient (Wildman–Crippen LogP) is 2.12. The minimum atomic E-state index is -3.50. The molecule has 1 aromatic rings. The molecule has 0 saturated carbocycles. The molecule has 7 heteroatoms. The Kier molecular flexibility index (Phi) is 4.87. The SMILES string of the molecule is CC1CCCN(c2ccc(S(C)(=O)=O)cc2S(C)(=O)=O)CC1. The van der Waals surface area contributed by atoms with Crippen LogP contribution in [0.4, 0.5) is 5.69 Å². The lowest BCUT2D eigenvalue weighted by Crippen LogP contribution is -2.26. The standard InChI is InChI=1S/C15H23NO4S2/c1-12-5-4-9-16(10-8-12)14-7-6-13(21(2,17)18)11-15(14)22(3,19)20/h6-7,11-12H,4-5,8-10H2,1-3H3. The molecular weight excluding hydrogens is 322 g/mol. The van der Waals surface area contributed by atoms with E-state index in [-0.39, 0.29) is 9.79 Å². The van der Waals surface area contributed by atoms with Crippen LogP contribution < -0.4 is 4.90 Å². The summed E-state index contributed by atoms with van der Waals surface area (Å²) in [6.45, 7) is 3.79. The van der Waals surface area contributed by atoms with Gasteiger partial charge >= 0.3 is 0 Å². The van der Waals surface area contributed by atoms with E-state index in [1.165, 1.54) is 12.1 Å². The number of rotatable bonds is 3. The van der Waals surface area contributed by atoms with Crippen LogP contribution in [-0.2, 0) is 19.7 Å². The first-order chi connectivity index (χ1) is 10.1. The van der Waals surface area contributed by atoms with Gasteiger partial charge in [-0.15, -0.1) is 0 Å². The molecule has 0 aliphatic carbocycles. The predicted molar refractivity (Wildman–Crippen MR) is 87.9 cm³/mol. The zero-order chi connectivity index (χ0) is 16.5. The number of sulfone groups is 2. The van der Waals surface area contributed by atoms with Gasteiger partial charge in [-0.05, 0) is 43.4 Å². The third kappa shape index (κ3) is 4.01. The van der Waals surface area contributed by atoms with Crippen molar-refractivity contribution in [1.82, 2.24) is 0 Å². The molecule has 1 aliphatic rings. The Labute approximate surface area is 133 Å². The summed E-state index contributed by atoms with van der Waals surface area (Å²) >= 11 is 0. The van der Waals surface area contributed by atoms with Gasteiger partial charge in [0.25, 0.3) is 0 Å². The molecule has 0 aromatic heterocycles. The van der Waals surface area contributed by atoms with Crippen molar-refractivity contribution >= 4 is 25.4 Å². The molecule has 1 saturated heterocycles. The highest BCUT2D eigenvalue weighted by molar-refractivity contribution is 7.91. The lowest BCUT2D eigenvalue weighted by Gasteiger charge is -2.25. The van der Waals surface area contributed by atoms with E-state index in [4.69, 9.17) is 0 Å². The van der Waals surface area contributed by atoms with Crippen molar-refractivity contribution in [2.45, 2.75) is 36.0 Å². The molecule has 0 bridgehead atoms. The third-order valence-electron chi connectivity index (χ3n) is 4.12. The van der Waals surface area contributed by atoms with E-state index >= 15 is 0 Å². The van der Waals surface area contributed by atoms with Gasteiger partial charge in [0.15, 0.2) is 19.7 Å². The van der Waals surface area contributed by atoms with Crippen molar-refractivity contribution in [2.75, 3.05) is 30.5 Å². The molecule has 124 valence electrons. The monoisotopic (exact) mass is 345 g/mol. The Morgan fingerprint density at radius 3 is 2.27 bits per heavy atom. The molecule has 1 aliphatic heterocycles. The Morgan fingerprint density at radius 2 is 1.68 bits per heavy atom. The molecule has 1 fully saturated rings. The Morgan fingerprint density at radius 1 is 1.00 bits per heavy atom. The van der Waals surface area contributed by atoms with Crippen molar-refractivity contribution in [1.29, 1.82) is 0 Å². The highest BCUT2D eigenvalue weighted by Crippen LogP contribution is 2.30. The zero-order valence-electron chi connectivity index (χ0n) is 13.2. The fourth-order valence-corrected chi connectivity index (χ4v) is 4.43. The first kappa shape index (κ1) is 17.3. The summed E-state index contributed by atoms with van der Waals surface area (Å²) in [7, 11) is -6.93. The molecule has 0 spiro atoms. The number of hydrogen-bond acceptors (Lipinski definition) is 5. The summed E-state index contributed by atoms with van der Waals surface area (Å²) in [4.78, 5) is 2.20. The van der Waals surface area contributed by atoms with E-state index in [2.05, 4.69) is 11.8 Å². The van der Waals surface area contributed by atoms with Crippen LogP contribution in [0, 0.1) is 5.92 Å². The highest BCUT2D eigenvalue weighted by Gasteiger charge is 2.23. The Hall–Kier alpha value is -1.08. The molecule has 5 nitrogen and oxygen atoms in total. The topological polar surface area (TPSA) is 71.5 Å². The Bertz CT molecular complexity index is 754. The zero-order valence-corrected chi connectivity index (χ0v) is 14.9. The van der Waals surface area contributed by atoms with Crippen molar-refractivity contribution < 1.29 is 16.8 Å². The average molecular weight is 345 g/mol. The van der Waals surface area contributed by atoms with Gasteiger partial charge in [0.1, 0.15) is 0 Å². The normalized spacial score (nSPS) is 20.7. The van der Waals surface area contributed by atoms with Crippen LogP contribution >= 0.6 is 0 Å². The average Bonchev–Trinajstić information content (AvgIpc) is 2.61. The van der Waals surface area contributed by atoms with Gasteiger partial charge in [-0.25, -0.2) is 16.8 Å². The third-order valence-corrected chi connectivity index (χ3v) is 6.35. The molecule has 1 aromatic carbocycles. The van der Waals surface area contributed by atoms with Gasteiger partial charge in [-0.2, -0.15) is 0 Å². The molecule has 2 rings (SSSR count). The maximum absolute atomic E-state index is 12.1. The second-order valence-corrected chi connectivity index (χ2v) is 10.2. The van der Waals surface area contributed by atoms with E-state index in [0.29, 0.717) is 11.6 Å². The first-order valence-electron chi connectivity index (χ1n) is 7.38. The van der Waals surface area contributed by atoms with Gasteiger partial charge in [-0.1, -0.05) is 6.92 Å². The molecule has 0 radical (unpaired) electrons. The van der Waals surface area contributed by atoms with E-state index < -0.39 is 19.7 Å². The highest BCUT2D eigenvalue weighted by atomic mass is 32.2. The summed E-state index contributed by atoms with van der Waals surface area (Å²) in [5, 5.41) is 0. The summed E-state index contributed by atoms with van der Waals surface area (Å²) in [6, 6.07) is 4.41. The van der Waals surface area contributed by atoms with Gasteiger partial charge in [0.05, 0.1) is 15.5 Å².